The molecule has 2 aromatic carbocycles. The number of carbonyl (C=O) groups is 3. The van der Waals surface area contributed by atoms with Crippen LogP contribution in [0.25, 0.3) is 11.3 Å². The highest BCUT2D eigenvalue weighted by atomic mass is 35.5. The van der Waals surface area contributed by atoms with E-state index >= 15 is 4.39 Å². The second-order valence-electron chi connectivity index (χ2n) is 8.76. The summed E-state index contributed by atoms with van der Waals surface area (Å²) < 4.78 is 30.7. The summed E-state index contributed by atoms with van der Waals surface area (Å²) in [5.41, 5.74) is 5.79. The number of nitrogens with two attached hydrogens (primary N) is 1. The third kappa shape index (κ3) is 4.55. The number of nitrogens with zero attached hydrogens (tertiary/aromatic N) is 5. The Kier molecular flexibility index (Phi) is 6.42. The summed E-state index contributed by atoms with van der Waals surface area (Å²) in [5.74, 6) is -3.44. The van der Waals surface area contributed by atoms with Crippen LogP contribution in [0.3, 0.4) is 0 Å². The van der Waals surface area contributed by atoms with Crippen LogP contribution in [0.5, 0.6) is 0 Å². The number of rotatable bonds is 5. The Hall–Kier alpha value is -4.19. The summed E-state index contributed by atoms with van der Waals surface area (Å²) in [6.07, 6.45) is 4.45. The van der Waals surface area contributed by atoms with Crippen molar-refractivity contribution in [1.82, 2.24) is 25.1 Å². The zero-order chi connectivity index (χ0) is 26.3. The van der Waals surface area contributed by atoms with Gasteiger partial charge in [0.15, 0.2) is 5.82 Å². The van der Waals surface area contributed by atoms with Crippen molar-refractivity contribution in [1.29, 1.82) is 0 Å². The van der Waals surface area contributed by atoms with E-state index < -0.39 is 35.4 Å². The second kappa shape index (κ2) is 9.69. The van der Waals surface area contributed by atoms with Crippen molar-refractivity contribution in [2.45, 2.75) is 37.8 Å². The van der Waals surface area contributed by atoms with Crippen LogP contribution in [0.2, 0.25) is 5.02 Å². The molecular formula is C24H20ClF2N7O3. The maximum absolute atomic E-state index is 15.2. The molecule has 5 rings (SSSR count). The molecule has 0 bridgehead atoms. The molecule has 0 radical (unpaired) electrons. The zero-order valence-electron chi connectivity index (χ0n) is 19.2. The van der Waals surface area contributed by atoms with Crippen molar-refractivity contribution in [3.63, 3.8) is 0 Å². The summed E-state index contributed by atoms with van der Waals surface area (Å²) in [6.45, 7) is 0. The first-order valence-corrected chi connectivity index (χ1v) is 11.8. The lowest BCUT2D eigenvalue weighted by Crippen LogP contribution is -2.45. The summed E-state index contributed by atoms with van der Waals surface area (Å²) in [5, 5.41) is 13.5. The Morgan fingerprint density at radius 1 is 1.14 bits per heavy atom. The SMILES string of the molecule is NC(=O)c1ccc(NC(=O)[C@@H]2CC[C@H]3CCC(c4c(-n5cnnn5)ccc(Cl)c4F)=CC(=O)N32)cc1F. The Bertz CT molecular complexity index is 1440. The first kappa shape index (κ1) is 24.5. The maximum atomic E-state index is 15.2. The predicted molar refractivity (Wildman–Crippen MR) is 129 cm³/mol. The van der Waals surface area contributed by atoms with Crippen LogP contribution < -0.4 is 11.1 Å². The lowest BCUT2D eigenvalue weighted by Gasteiger charge is -2.27. The van der Waals surface area contributed by atoms with E-state index in [2.05, 4.69) is 20.8 Å². The van der Waals surface area contributed by atoms with Gasteiger partial charge in [0, 0.05) is 23.4 Å². The molecule has 3 amide bonds. The standard InChI is InChI=1S/C24H20ClF2N7O3/c25-16-6-8-18(33-11-29-31-32-33)21(22(16)27)12-1-3-14-4-7-19(34(14)20(35)9-12)24(37)30-13-2-5-15(23(28)36)17(26)10-13/h2,5-6,8-11,14,19H,1,3-4,7H2,(H2,28,36)(H,30,37)/t14-,19+/m1/s1. The number of allylic oxidation sites excluding steroid dienone is 1. The Morgan fingerprint density at radius 2 is 1.95 bits per heavy atom. The van der Waals surface area contributed by atoms with Crippen molar-refractivity contribution >= 4 is 40.6 Å². The van der Waals surface area contributed by atoms with Crippen molar-refractivity contribution in [3.05, 3.63) is 70.5 Å². The molecule has 2 aliphatic rings. The van der Waals surface area contributed by atoms with E-state index in [0.29, 0.717) is 36.9 Å². The van der Waals surface area contributed by atoms with Gasteiger partial charge in [-0.2, -0.15) is 4.68 Å². The largest absolute Gasteiger partial charge is 0.366 e. The predicted octanol–water partition coefficient (Wildman–Crippen LogP) is 2.87. The minimum atomic E-state index is -0.925. The van der Waals surface area contributed by atoms with Crippen LogP contribution in [-0.2, 0) is 9.59 Å². The molecule has 13 heteroatoms. The normalized spacial score (nSPS) is 19.3. The number of tetrazole rings is 1. The number of amides is 3. The highest BCUT2D eigenvalue weighted by molar-refractivity contribution is 6.31. The van der Waals surface area contributed by atoms with Crippen LogP contribution in [0.1, 0.15) is 41.6 Å². The molecule has 2 aliphatic heterocycles. The molecule has 37 heavy (non-hydrogen) atoms. The van der Waals surface area contributed by atoms with Gasteiger partial charge in [0.05, 0.1) is 16.3 Å². The lowest BCUT2D eigenvalue weighted by atomic mass is 9.96. The summed E-state index contributed by atoms with van der Waals surface area (Å²) in [7, 11) is 0. The molecule has 10 nitrogen and oxygen atoms in total. The van der Waals surface area contributed by atoms with Gasteiger partial charge in [0.2, 0.25) is 11.8 Å². The van der Waals surface area contributed by atoms with E-state index in [4.69, 9.17) is 17.3 Å². The molecule has 3 heterocycles. The average Bonchev–Trinajstić information content (AvgIpc) is 3.51. The highest BCUT2D eigenvalue weighted by Crippen LogP contribution is 2.38. The molecule has 3 aromatic rings. The maximum Gasteiger partial charge on any atom is 0.251 e. The van der Waals surface area contributed by atoms with Crippen LogP contribution in [0.15, 0.2) is 42.7 Å². The first-order valence-electron chi connectivity index (χ1n) is 11.4. The Balaban J connectivity index is 1.43. The summed E-state index contributed by atoms with van der Waals surface area (Å²) in [6, 6.07) is 5.42. The molecule has 0 unspecified atom stereocenters. The van der Waals surface area contributed by atoms with Crippen LogP contribution >= 0.6 is 11.6 Å². The van der Waals surface area contributed by atoms with Crippen molar-refractivity contribution in [3.8, 4) is 5.69 Å². The van der Waals surface area contributed by atoms with E-state index in [1.54, 1.807) is 6.07 Å². The molecule has 1 fully saturated rings. The fraction of sp³-hybridized carbons (Fsp3) is 0.250. The van der Waals surface area contributed by atoms with E-state index in [1.807, 2.05) is 0 Å². The smallest absolute Gasteiger partial charge is 0.251 e. The monoisotopic (exact) mass is 527 g/mol. The van der Waals surface area contributed by atoms with E-state index in [-0.39, 0.29) is 27.9 Å². The fourth-order valence-electron chi connectivity index (χ4n) is 4.90. The minimum Gasteiger partial charge on any atom is -0.366 e. The molecule has 1 saturated heterocycles. The van der Waals surface area contributed by atoms with E-state index in [1.165, 1.54) is 40.2 Å². The third-order valence-electron chi connectivity index (χ3n) is 6.60. The van der Waals surface area contributed by atoms with Crippen LogP contribution in [0, 0.1) is 11.6 Å². The number of hydrogen-bond acceptors (Lipinski definition) is 6. The van der Waals surface area contributed by atoms with Gasteiger partial charge >= 0.3 is 0 Å². The molecular weight excluding hydrogens is 508 g/mol. The molecule has 1 aromatic heterocycles. The van der Waals surface area contributed by atoms with Gasteiger partial charge in [-0.05, 0) is 72.0 Å². The first-order chi connectivity index (χ1) is 17.7. The van der Waals surface area contributed by atoms with Crippen molar-refractivity contribution in [2.24, 2.45) is 5.73 Å². The van der Waals surface area contributed by atoms with Crippen LogP contribution in [-0.4, -0.2) is 54.9 Å². The number of benzene rings is 2. The Labute approximate surface area is 214 Å². The molecule has 3 N–H and O–H groups in total. The van der Waals surface area contributed by atoms with Gasteiger partial charge in [-0.15, -0.1) is 5.10 Å². The lowest BCUT2D eigenvalue weighted by molar-refractivity contribution is -0.134. The van der Waals surface area contributed by atoms with Crippen molar-refractivity contribution in [2.75, 3.05) is 5.32 Å². The number of nitrogens with one attached hydrogen (secondary N) is 1. The Morgan fingerprint density at radius 3 is 2.65 bits per heavy atom. The van der Waals surface area contributed by atoms with Gasteiger partial charge < -0.3 is 16.0 Å². The minimum absolute atomic E-state index is 0.111. The summed E-state index contributed by atoms with van der Waals surface area (Å²) in [4.78, 5) is 39.2. The van der Waals surface area contributed by atoms with Gasteiger partial charge in [-0.25, -0.2) is 8.78 Å². The third-order valence-corrected chi connectivity index (χ3v) is 6.89. The van der Waals surface area contributed by atoms with Gasteiger partial charge in [0.1, 0.15) is 18.2 Å². The number of primary amides is 1. The number of anilines is 1. The van der Waals surface area contributed by atoms with E-state index in [0.717, 1.165) is 6.07 Å². The molecule has 2 atom stereocenters. The van der Waals surface area contributed by atoms with Crippen LogP contribution in [0.4, 0.5) is 14.5 Å². The molecule has 0 aliphatic carbocycles. The molecule has 0 spiro atoms. The van der Waals surface area contributed by atoms with Gasteiger partial charge in [0.25, 0.3) is 5.91 Å². The quantitative estimate of drug-likeness (QED) is 0.523. The zero-order valence-corrected chi connectivity index (χ0v) is 20.0. The van der Waals surface area contributed by atoms with Gasteiger partial charge in [-0.3, -0.25) is 14.4 Å². The van der Waals surface area contributed by atoms with E-state index in [9.17, 15) is 18.8 Å². The number of halogens is 3. The number of hydrogen-bond donors (Lipinski definition) is 2. The number of aromatic nitrogens is 4. The average molecular weight is 528 g/mol. The van der Waals surface area contributed by atoms with Crippen molar-refractivity contribution < 1.29 is 23.2 Å². The number of carbonyl (C=O) groups excluding carboxylic acids is 3. The topological polar surface area (TPSA) is 136 Å². The second-order valence-corrected chi connectivity index (χ2v) is 9.17. The molecule has 190 valence electrons. The molecule has 0 saturated carbocycles. The number of fused-ring (bicyclic) bond motifs is 1. The van der Waals surface area contributed by atoms with Gasteiger partial charge in [-0.1, -0.05) is 11.6 Å². The highest BCUT2D eigenvalue weighted by Gasteiger charge is 2.41. The fourth-order valence-corrected chi connectivity index (χ4v) is 5.06. The summed E-state index contributed by atoms with van der Waals surface area (Å²) >= 11 is 6.06.